The van der Waals surface area contributed by atoms with E-state index < -0.39 is 12.0 Å². The molecule has 0 spiro atoms. The van der Waals surface area contributed by atoms with Crippen LogP contribution in [-0.2, 0) is 31.3 Å². The summed E-state index contributed by atoms with van der Waals surface area (Å²) in [6, 6.07) is 6.94. The van der Waals surface area contributed by atoms with Crippen LogP contribution in [0.1, 0.15) is 31.9 Å². The molecule has 0 aromatic heterocycles. The van der Waals surface area contributed by atoms with Crippen LogP contribution < -0.4 is 5.32 Å². The topological polar surface area (TPSA) is 72.5 Å². The van der Waals surface area contributed by atoms with Crippen LogP contribution >= 0.6 is 11.8 Å². The minimum Gasteiger partial charge on any atom is -0.464 e. The molecular formula is C16H21NO4S. The van der Waals surface area contributed by atoms with Crippen molar-refractivity contribution >= 4 is 28.8 Å². The summed E-state index contributed by atoms with van der Waals surface area (Å²) in [5.74, 6) is -0.0794. The number of carbonyl (C=O) groups excluding carboxylic acids is 3. The van der Waals surface area contributed by atoms with Crippen LogP contribution in [0.3, 0.4) is 0 Å². The Morgan fingerprint density at radius 1 is 1.14 bits per heavy atom. The third-order valence-electron chi connectivity index (χ3n) is 2.85. The van der Waals surface area contributed by atoms with E-state index in [-0.39, 0.29) is 17.6 Å². The molecule has 0 saturated heterocycles. The highest BCUT2D eigenvalue weighted by molar-refractivity contribution is 8.12. The molecule has 0 bridgehead atoms. The summed E-state index contributed by atoms with van der Waals surface area (Å²) in [5, 5.41) is 2.69. The minimum absolute atomic E-state index is 0.0807. The Balaban J connectivity index is 2.70. The van der Waals surface area contributed by atoms with Crippen molar-refractivity contribution < 1.29 is 19.1 Å². The standard InChI is InChI=1S/C16H21NO4S/c1-4-21-16(20)15(17-11(2)18)9-13-5-7-14(8-6-13)10-22-12(3)19/h5-8,15H,4,9-10H2,1-3H3,(H,17,18)/t15-/m0/s1. The molecule has 0 aliphatic heterocycles. The number of amides is 1. The smallest absolute Gasteiger partial charge is 0.328 e. The van der Waals surface area contributed by atoms with Gasteiger partial charge in [-0.05, 0) is 18.1 Å². The first kappa shape index (κ1) is 18.2. The second-order valence-electron chi connectivity index (χ2n) is 4.81. The molecule has 1 aromatic carbocycles. The van der Waals surface area contributed by atoms with Gasteiger partial charge in [0, 0.05) is 26.0 Å². The van der Waals surface area contributed by atoms with Gasteiger partial charge in [-0.2, -0.15) is 0 Å². The number of hydrogen-bond donors (Lipinski definition) is 1. The maximum atomic E-state index is 11.8. The van der Waals surface area contributed by atoms with E-state index in [1.54, 1.807) is 6.92 Å². The van der Waals surface area contributed by atoms with Crippen LogP contribution in [0.2, 0.25) is 0 Å². The molecule has 22 heavy (non-hydrogen) atoms. The van der Waals surface area contributed by atoms with E-state index in [9.17, 15) is 14.4 Å². The number of carbonyl (C=O) groups is 3. The number of nitrogens with one attached hydrogen (secondary N) is 1. The van der Waals surface area contributed by atoms with Gasteiger partial charge >= 0.3 is 5.97 Å². The van der Waals surface area contributed by atoms with E-state index >= 15 is 0 Å². The molecule has 1 atom stereocenters. The van der Waals surface area contributed by atoms with Gasteiger partial charge in [-0.15, -0.1) is 0 Å². The fraction of sp³-hybridized carbons (Fsp3) is 0.438. The summed E-state index contributed by atoms with van der Waals surface area (Å²) >= 11 is 1.25. The molecule has 0 radical (unpaired) electrons. The normalized spacial score (nSPS) is 11.6. The Hall–Kier alpha value is -1.82. The maximum absolute atomic E-state index is 11.8. The molecular weight excluding hydrogens is 302 g/mol. The fourth-order valence-corrected chi connectivity index (χ4v) is 2.44. The predicted molar refractivity (Wildman–Crippen MR) is 86.4 cm³/mol. The highest BCUT2D eigenvalue weighted by atomic mass is 32.2. The zero-order valence-corrected chi connectivity index (χ0v) is 13.9. The molecule has 1 aromatic rings. The van der Waals surface area contributed by atoms with Crippen molar-refractivity contribution in [3.8, 4) is 0 Å². The first-order valence-electron chi connectivity index (χ1n) is 7.07. The van der Waals surface area contributed by atoms with Gasteiger partial charge in [0.15, 0.2) is 5.12 Å². The van der Waals surface area contributed by atoms with Crippen molar-refractivity contribution in [2.45, 2.75) is 39.0 Å². The van der Waals surface area contributed by atoms with E-state index in [0.29, 0.717) is 12.2 Å². The van der Waals surface area contributed by atoms with Gasteiger partial charge in [0.1, 0.15) is 6.04 Å². The lowest BCUT2D eigenvalue weighted by atomic mass is 10.0. The van der Waals surface area contributed by atoms with Gasteiger partial charge in [-0.1, -0.05) is 36.0 Å². The zero-order chi connectivity index (χ0) is 16.5. The summed E-state index contributed by atoms with van der Waals surface area (Å²) in [4.78, 5) is 34.0. The largest absolute Gasteiger partial charge is 0.464 e. The number of hydrogen-bond acceptors (Lipinski definition) is 5. The van der Waals surface area contributed by atoms with Crippen molar-refractivity contribution in [1.29, 1.82) is 0 Å². The maximum Gasteiger partial charge on any atom is 0.328 e. The van der Waals surface area contributed by atoms with Crippen LogP contribution in [0.15, 0.2) is 24.3 Å². The van der Waals surface area contributed by atoms with Crippen molar-refractivity contribution in [3.05, 3.63) is 35.4 Å². The van der Waals surface area contributed by atoms with Crippen LogP contribution in [0.25, 0.3) is 0 Å². The van der Waals surface area contributed by atoms with Gasteiger partial charge in [0.2, 0.25) is 5.91 Å². The zero-order valence-electron chi connectivity index (χ0n) is 13.0. The second kappa shape index (κ2) is 9.25. The first-order chi connectivity index (χ1) is 10.4. The van der Waals surface area contributed by atoms with Crippen LogP contribution in [0, 0.1) is 0 Å². The highest BCUT2D eigenvalue weighted by Gasteiger charge is 2.21. The lowest BCUT2D eigenvalue weighted by Crippen LogP contribution is -2.42. The Labute approximate surface area is 134 Å². The number of benzene rings is 1. The summed E-state index contributed by atoms with van der Waals surface area (Å²) in [6.07, 6.45) is 0.374. The van der Waals surface area contributed by atoms with Gasteiger partial charge in [0.05, 0.1) is 6.61 Å². The number of ether oxygens (including phenoxy) is 1. The number of esters is 1. The number of thioether (sulfide) groups is 1. The molecule has 0 saturated carbocycles. The summed E-state index contributed by atoms with van der Waals surface area (Å²) < 4.78 is 4.97. The van der Waals surface area contributed by atoms with Crippen LogP contribution in [0.5, 0.6) is 0 Å². The Morgan fingerprint density at radius 2 is 1.73 bits per heavy atom. The molecule has 5 nitrogen and oxygen atoms in total. The van der Waals surface area contributed by atoms with Gasteiger partial charge in [0.25, 0.3) is 0 Å². The van der Waals surface area contributed by atoms with E-state index in [1.165, 1.54) is 25.6 Å². The molecule has 1 rings (SSSR count). The predicted octanol–water partition coefficient (Wildman–Crippen LogP) is 2.08. The quantitative estimate of drug-likeness (QED) is 0.778. The molecule has 0 unspecified atom stereocenters. The van der Waals surface area contributed by atoms with E-state index in [1.807, 2.05) is 24.3 Å². The highest BCUT2D eigenvalue weighted by Crippen LogP contribution is 2.14. The third kappa shape index (κ3) is 6.76. The average molecular weight is 323 g/mol. The molecule has 1 N–H and O–H groups in total. The molecule has 1 amide bonds. The third-order valence-corrected chi connectivity index (χ3v) is 3.74. The summed E-state index contributed by atoms with van der Waals surface area (Å²) in [6.45, 7) is 4.91. The SMILES string of the molecule is CCOC(=O)[C@H](Cc1ccc(CSC(C)=O)cc1)NC(C)=O. The van der Waals surface area contributed by atoms with Gasteiger partial charge in [-0.3, -0.25) is 9.59 Å². The molecule has 0 aliphatic rings. The van der Waals surface area contributed by atoms with E-state index in [4.69, 9.17) is 4.74 Å². The lowest BCUT2D eigenvalue weighted by Gasteiger charge is -2.16. The Kier molecular flexibility index (Phi) is 7.66. The molecule has 0 heterocycles. The first-order valence-corrected chi connectivity index (χ1v) is 8.05. The molecule has 120 valence electrons. The van der Waals surface area contributed by atoms with Crippen molar-refractivity contribution in [2.24, 2.45) is 0 Å². The van der Waals surface area contributed by atoms with E-state index in [2.05, 4.69) is 5.32 Å². The van der Waals surface area contributed by atoms with Crippen molar-refractivity contribution in [2.75, 3.05) is 6.61 Å². The molecule has 0 aliphatic carbocycles. The molecule has 6 heteroatoms. The van der Waals surface area contributed by atoms with E-state index in [0.717, 1.165) is 11.1 Å². The fourth-order valence-electron chi connectivity index (χ4n) is 1.87. The molecule has 0 fully saturated rings. The van der Waals surface area contributed by atoms with Crippen molar-refractivity contribution in [3.63, 3.8) is 0 Å². The summed E-state index contributed by atoms with van der Waals surface area (Å²) in [7, 11) is 0. The van der Waals surface area contributed by atoms with Gasteiger partial charge < -0.3 is 10.1 Å². The average Bonchev–Trinajstić information content (AvgIpc) is 2.45. The Bertz CT molecular complexity index is 527. The van der Waals surface area contributed by atoms with Crippen molar-refractivity contribution in [1.82, 2.24) is 5.32 Å². The van der Waals surface area contributed by atoms with Crippen LogP contribution in [0.4, 0.5) is 0 Å². The van der Waals surface area contributed by atoms with Crippen LogP contribution in [-0.4, -0.2) is 29.6 Å². The monoisotopic (exact) mass is 323 g/mol. The number of rotatable bonds is 7. The minimum atomic E-state index is -0.685. The Morgan fingerprint density at radius 3 is 2.23 bits per heavy atom. The second-order valence-corrected chi connectivity index (χ2v) is 5.96. The lowest BCUT2D eigenvalue weighted by molar-refractivity contribution is -0.147. The van der Waals surface area contributed by atoms with Gasteiger partial charge in [-0.25, -0.2) is 4.79 Å². The summed E-state index contributed by atoms with van der Waals surface area (Å²) in [5.41, 5.74) is 1.96.